The van der Waals surface area contributed by atoms with E-state index in [0.29, 0.717) is 42.7 Å². The van der Waals surface area contributed by atoms with Gasteiger partial charge in [0.2, 0.25) is 0 Å². The van der Waals surface area contributed by atoms with Gasteiger partial charge in [-0.2, -0.15) is 0 Å². The number of methoxy groups -OCH3 is 1. The van der Waals surface area contributed by atoms with Crippen molar-refractivity contribution < 1.29 is 13.9 Å². The number of halogens is 1. The lowest BCUT2D eigenvalue weighted by Gasteiger charge is -2.15. The first-order valence-electron chi connectivity index (χ1n) is 9.75. The van der Waals surface area contributed by atoms with E-state index in [4.69, 9.17) is 9.47 Å². The second kappa shape index (κ2) is 11.3. The van der Waals surface area contributed by atoms with E-state index in [1.54, 1.807) is 13.2 Å². The number of anilines is 1. The fourth-order valence-corrected chi connectivity index (χ4v) is 2.83. The third kappa shape index (κ3) is 6.94. The summed E-state index contributed by atoms with van der Waals surface area (Å²) in [5, 5.41) is 6.50. The van der Waals surface area contributed by atoms with Gasteiger partial charge in [-0.3, -0.25) is 0 Å². The highest BCUT2D eigenvalue weighted by molar-refractivity contribution is 5.93. The van der Waals surface area contributed by atoms with Crippen molar-refractivity contribution in [1.82, 2.24) is 10.2 Å². The second-order valence-electron chi connectivity index (χ2n) is 6.78. The molecule has 0 fully saturated rings. The number of aliphatic imine (C=N–C) groups is 1. The maximum absolute atomic E-state index is 14.0. The maximum Gasteiger partial charge on any atom is 0.196 e. The highest BCUT2D eigenvalue weighted by Crippen LogP contribution is 2.30. The zero-order chi connectivity index (χ0) is 21.2. The Kier molecular flexibility index (Phi) is 8.73. The summed E-state index contributed by atoms with van der Waals surface area (Å²) >= 11 is 0. The average molecular weight is 403 g/mol. The van der Waals surface area contributed by atoms with Gasteiger partial charge >= 0.3 is 0 Å². The minimum atomic E-state index is -0.196. The molecule has 158 valence electrons. The first-order chi connectivity index (χ1) is 14.0. The summed E-state index contributed by atoms with van der Waals surface area (Å²) in [6, 6.07) is 10.8. The van der Waals surface area contributed by atoms with Gasteiger partial charge in [-0.15, -0.1) is 0 Å². The monoisotopic (exact) mass is 402 g/mol. The molecule has 0 saturated heterocycles. The van der Waals surface area contributed by atoms with Crippen molar-refractivity contribution in [2.75, 3.05) is 39.7 Å². The quantitative estimate of drug-likeness (QED) is 0.493. The molecule has 0 aliphatic carbocycles. The maximum atomic E-state index is 14.0. The number of benzene rings is 2. The molecule has 0 amide bonds. The van der Waals surface area contributed by atoms with Gasteiger partial charge in [-0.05, 0) is 57.8 Å². The van der Waals surface area contributed by atoms with E-state index >= 15 is 0 Å². The third-order valence-corrected chi connectivity index (χ3v) is 4.09. The zero-order valence-corrected chi connectivity index (χ0v) is 17.9. The topological polar surface area (TPSA) is 58.1 Å². The van der Waals surface area contributed by atoms with Crippen LogP contribution in [0.3, 0.4) is 0 Å². The van der Waals surface area contributed by atoms with Crippen LogP contribution in [0.25, 0.3) is 0 Å². The van der Waals surface area contributed by atoms with E-state index in [2.05, 4.69) is 15.6 Å². The van der Waals surface area contributed by atoms with Gasteiger partial charge in [0.25, 0.3) is 0 Å². The van der Waals surface area contributed by atoms with E-state index in [1.165, 1.54) is 6.07 Å². The van der Waals surface area contributed by atoms with Crippen LogP contribution >= 0.6 is 0 Å². The Labute approximate surface area is 172 Å². The molecule has 0 bridgehead atoms. The number of nitrogens with zero attached hydrogens (tertiary/aromatic N) is 2. The van der Waals surface area contributed by atoms with E-state index in [0.717, 1.165) is 17.8 Å². The van der Waals surface area contributed by atoms with Gasteiger partial charge in [-0.1, -0.05) is 6.07 Å². The first-order valence-corrected chi connectivity index (χ1v) is 9.75. The lowest BCUT2D eigenvalue weighted by Crippen LogP contribution is -2.30. The Morgan fingerprint density at radius 1 is 1.10 bits per heavy atom. The highest BCUT2D eigenvalue weighted by atomic mass is 19.1. The second-order valence-corrected chi connectivity index (χ2v) is 6.78. The lowest BCUT2D eigenvalue weighted by molar-refractivity contribution is 0.311. The van der Waals surface area contributed by atoms with Crippen LogP contribution in [0.2, 0.25) is 0 Å². The number of hydrogen-bond acceptors (Lipinski definition) is 4. The van der Waals surface area contributed by atoms with Crippen molar-refractivity contribution in [3.05, 3.63) is 53.3 Å². The average Bonchev–Trinajstić information content (AvgIpc) is 2.68. The van der Waals surface area contributed by atoms with Gasteiger partial charge < -0.3 is 25.0 Å². The van der Waals surface area contributed by atoms with Crippen molar-refractivity contribution >= 4 is 11.6 Å². The van der Waals surface area contributed by atoms with E-state index in [-0.39, 0.29) is 5.82 Å². The summed E-state index contributed by atoms with van der Waals surface area (Å²) in [4.78, 5) is 6.57. The van der Waals surface area contributed by atoms with Crippen LogP contribution in [0.4, 0.5) is 10.1 Å². The normalized spacial score (nSPS) is 11.5. The fraction of sp³-hybridized carbons (Fsp3) is 0.409. The first kappa shape index (κ1) is 22.5. The molecule has 0 unspecified atom stereocenters. The van der Waals surface area contributed by atoms with Crippen LogP contribution in [-0.2, 0) is 13.1 Å². The molecule has 0 aliphatic heterocycles. The van der Waals surface area contributed by atoms with Crippen molar-refractivity contribution in [1.29, 1.82) is 0 Å². The minimum Gasteiger partial charge on any atom is -0.493 e. The van der Waals surface area contributed by atoms with Gasteiger partial charge in [0.15, 0.2) is 17.5 Å². The lowest BCUT2D eigenvalue weighted by atomic mass is 10.1. The standard InChI is InChI=1S/C22H31FN4O2/c1-6-24-22(26-18-9-11-20(28-5)21(13-18)29-7-2)25-14-16-8-10-19(23)17(12-16)15-27(3)4/h8-13H,6-7,14-15H2,1-5H3,(H2,24,25,26). The predicted octanol–water partition coefficient (Wildman–Crippen LogP) is 3.87. The highest BCUT2D eigenvalue weighted by Gasteiger charge is 2.08. The number of hydrogen-bond donors (Lipinski definition) is 2. The Bertz CT molecular complexity index is 824. The Balaban J connectivity index is 2.17. The van der Waals surface area contributed by atoms with Gasteiger partial charge in [0, 0.05) is 30.4 Å². The number of guanidine groups is 1. The summed E-state index contributed by atoms with van der Waals surface area (Å²) in [6.07, 6.45) is 0. The molecule has 2 rings (SSSR count). The molecule has 0 saturated carbocycles. The molecular weight excluding hydrogens is 371 g/mol. The number of ether oxygens (including phenoxy) is 2. The molecule has 29 heavy (non-hydrogen) atoms. The summed E-state index contributed by atoms with van der Waals surface area (Å²) in [5.41, 5.74) is 2.45. The Morgan fingerprint density at radius 2 is 1.90 bits per heavy atom. The molecule has 2 aromatic rings. The molecule has 0 radical (unpaired) electrons. The molecule has 0 aliphatic rings. The van der Waals surface area contributed by atoms with Crippen molar-refractivity contribution in [3.8, 4) is 11.5 Å². The predicted molar refractivity (Wildman–Crippen MR) is 116 cm³/mol. The zero-order valence-electron chi connectivity index (χ0n) is 17.9. The SMILES string of the molecule is CCNC(=NCc1ccc(F)c(CN(C)C)c1)Nc1ccc(OC)c(OCC)c1. The molecule has 0 spiro atoms. The largest absolute Gasteiger partial charge is 0.493 e. The van der Waals surface area contributed by atoms with Crippen LogP contribution in [0.15, 0.2) is 41.4 Å². The summed E-state index contributed by atoms with van der Waals surface area (Å²) < 4.78 is 24.9. The van der Waals surface area contributed by atoms with E-state index < -0.39 is 0 Å². The Morgan fingerprint density at radius 3 is 2.55 bits per heavy atom. The van der Waals surface area contributed by atoms with Crippen LogP contribution in [0.1, 0.15) is 25.0 Å². The van der Waals surface area contributed by atoms with Crippen molar-refractivity contribution in [3.63, 3.8) is 0 Å². The molecule has 2 aromatic carbocycles. The molecular formula is C22H31FN4O2. The molecule has 0 heterocycles. The van der Waals surface area contributed by atoms with Crippen LogP contribution in [0.5, 0.6) is 11.5 Å². The summed E-state index contributed by atoms with van der Waals surface area (Å²) in [6.45, 7) is 6.18. The molecule has 7 heteroatoms. The van der Waals surface area contributed by atoms with Crippen molar-refractivity contribution in [2.45, 2.75) is 26.9 Å². The van der Waals surface area contributed by atoms with Gasteiger partial charge in [-0.25, -0.2) is 9.38 Å². The van der Waals surface area contributed by atoms with E-state index in [9.17, 15) is 4.39 Å². The van der Waals surface area contributed by atoms with Crippen LogP contribution in [0, 0.1) is 5.82 Å². The van der Waals surface area contributed by atoms with Crippen LogP contribution in [-0.4, -0.2) is 45.2 Å². The summed E-state index contributed by atoms with van der Waals surface area (Å²) in [7, 11) is 5.45. The molecule has 0 aromatic heterocycles. The number of nitrogens with one attached hydrogen (secondary N) is 2. The van der Waals surface area contributed by atoms with Gasteiger partial charge in [0.05, 0.1) is 20.3 Å². The van der Waals surface area contributed by atoms with E-state index in [1.807, 2.05) is 57.1 Å². The number of rotatable bonds is 9. The third-order valence-electron chi connectivity index (χ3n) is 4.09. The molecule has 6 nitrogen and oxygen atoms in total. The fourth-order valence-electron chi connectivity index (χ4n) is 2.83. The minimum absolute atomic E-state index is 0.196. The molecule has 2 N–H and O–H groups in total. The molecule has 0 atom stereocenters. The van der Waals surface area contributed by atoms with Crippen LogP contribution < -0.4 is 20.1 Å². The summed E-state index contributed by atoms with van der Waals surface area (Å²) in [5.74, 6) is 1.79. The Hall–Kier alpha value is -2.80. The van der Waals surface area contributed by atoms with Gasteiger partial charge in [0.1, 0.15) is 5.82 Å². The smallest absolute Gasteiger partial charge is 0.196 e. The van der Waals surface area contributed by atoms with Crippen molar-refractivity contribution in [2.24, 2.45) is 4.99 Å².